The van der Waals surface area contributed by atoms with Crippen LogP contribution in [0.2, 0.25) is 0 Å². The Hall–Kier alpha value is -1.08. The Bertz CT molecular complexity index is 2270. The Kier molecular flexibility index (Phi) is 55.5. The zero-order valence-corrected chi connectivity index (χ0v) is 67.9. The fraction of sp³-hybridized carbons (Fsp3) is 0.923. The van der Waals surface area contributed by atoms with E-state index < -0.39 is 123 Å². The second kappa shape index (κ2) is 57.3. The van der Waals surface area contributed by atoms with Crippen molar-refractivity contribution >= 4 is 59.0 Å². The molecule has 0 fully saturated rings. The maximum absolute atomic E-state index is 16.0. The molecule has 570 valence electrons. The van der Waals surface area contributed by atoms with Crippen LogP contribution in [0.15, 0.2) is 29.4 Å². The van der Waals surface area contributed by atoms with E-state index >= 15 is 50.5 Å². The molecule has 0 bridgehead atoms. The van der Waals surface area contributed by atoms with Gasteiger partial charge in [0, 0.05) is 0 Å². The van der Waals surface area contributed by atoms with E-state index in [1.165, 1.54) is 0 Å². The highest BCUT2D eigenvalue weighted by Gasteiger charge is 2.49. The number of benzene rings is 1. The van der Waals surface area contributed by atoms with Gasteiger partial charge in [-0.3, -0.25) is 0 Å². The van der Waals surface area contributed by atoms with Crippen LogP contribution < -0.4 is 0 Å². The average Bonchev–Trinajstić information content (AvgIpc) is 0.693. The molecule has 12 nitrogen and oxygen atoms in total. The third kappa shape index (κ3) is 41.9. The fourth-order valence-corrected chi connectivity index (χ4v) is 27.9. The lowest BCUT2D eigenvalue weighted by atomic mass is 10.1. The Morgan fingerprint density at radius 2 is 0.198 bits per heavy atom. The summed E-state index contributed by atoms with van der Waals surface area (Å²) < 4.78 is 192. The maximum Gasteiger partial charge on any atom is 0.181 e. The van der Waals surface area contributed by atoms with E-state index in [-0.39, 0.29) is 38.5 Å². The highest BCUT2D eigenvalue weighted by Crippen LogP contribution is 2.47. The minimum atomic E-state index is -5.24. The van der Waals surface area contributed by atoms with Gasteiger partial charge in [-0.1, -0.05) is 388 Å². The van der Waals surface area contributed by atoms with Crippen molar-refractivity contribution in [2.75, 3.05) is 34.5 Å². The highest BCUT2D eigenvalue weighted by atomic mass is 32.2. The van der Waals surface area contributed by atoms with E-state index in [0.29, 0.717) is 77.0 Å². The molecule has 0 aliphatic rings. The van der Waals surface area contributed by atoms with Crippen molar-refractivity contribution < 1.29 is 50.5 Å². The van der Waals surface area contributed by atoms with E-state index in [1.54, 1.807) is 0 Å². The van der Waals surface area contributed by atoms with Gasteiger partial charge in [-0.05, 0) is 38.5 Å². The standard InChI is InChI=1S/C78H150O12S6/c1-7-13-19-25-31-37-43-49-55-61-67-91(79,80)73-74(92(81,82)68-62-56-50-44-38-32-26-20-14-8-2)76(94(85,86)70-64-58-52-46-40-34-28-22-16-10-4)78(96(89,90)72-66-60-54-48-42-36-30-24-18-12-6)77(95(87,88)71-65-59-53-47-41-35-29-23-17-11-5)75(73)93(83,84)69-63-57-51-45-39-33-27-21-15-9-3/h7-72H2,1-6H3. The van der Waals surface area contributed by atoms with Gasteiger partial charge in [0.1, 0.15) is 29.4 Å². The average molecular weight is 1470 g/mol. The number of unbranched alkanes of at least 4 members (excludes halogenated alkanes) is 54. The van der Waals surface area contributed by atoms with Crippen molar-refractivity contribution in [1.82, 2.24) is 0 Å². The summed E-state index contributed by atoms with van der Waals surface area (Å²) in [6.07, 6.45) is 49.7. The predicted octanol–water partition coefficient (Wildman–Crippen LogP) is 23.9. The Morgan fingerprint density at radius 3 is 0.281 bits per heavy atom. The third-order valence-corrected chi connectivity index (χ3v) is 31.6. The third-order valence-electron chi connectivity index (χ3n) is 19.7. The topological polar surface area (TPSA) is 205 Å². The summed E-state index contributed by atoms with van der Waals surface area (Å²) >= 11 is 0. The van der Waals surface area contributed by atoms with Crippen LogP contribution in [-0.2, 0) is 59.0 Å². The molecule has 0 saturated carbocycles. The van der Waals surface area contributed by atoms with E-state index in [2.05, 4.69) is 41.5 Å². The van der Waals surface area contributed by atoms with Crippen molar-refractivity contribution in [3.8, 4) is 0 Å². The van der Waals surface area contributed by atoms with Gasteiger partial charge in [0.25, 0.3) is 0 Å². The van der Waals surface area contributed by atoms with Gasteiger partial charge in [-0.15, -0.1) is 0 Å². The molecule has 1 aromatic rings. The molecule has 0 aliphatic carbocycles. The SMILES string of the molecule is CCCCCCCCCCCCS(=O)(=O)c1c(S(=O)(=O)CCCCCCCCCCCC)c(S(=O)(=O)CCCCCCCCCCCC)c(S(=O)(=O)CCCCCCCCCCCC)c(S(=O)(=O)CCCCCCCCCCCC)c1S(=O)(=O)CCCCCCCCCCCC. The number of hydrogen-bond donors (Lipinski definition) is 0. The molecule has 96 heavy (non-hydrogen) atoms. The van der Waals surface area contributed by atoms with Crippen molar-refractivity contribution in [3.05, 3.63) is 0 Å². The van der Waals surface area contributed by atoms with Crippen LogP contribution in [0.1, 0.15) is 427 Å². The van der Waals surface area contributed by atoms with Gasteiger partial charge in [-0.2, -0.15) is 0 Å². The molecule has 0 N–H and O–H groups in total. The van der Waals surface area contributed by atoms with Crippen molar-refractivity contribution in [2.45, 2.75) is 456 Å². The Balaban J connectivity index is 4.68. The van der Waals surface area contributed by atoms with E-state index in [9.17, 15) is 0 Å². The molecular weight excluding hydrogens is 1320 g/mol. The number of sulfone groups is 6. The molecule has 0 aromatic heterocycles. The van der Waals surface area contributed by atoms with Gasteiger partial charge >= 0.3 is 0 Å². The molecule has 0 atom stereocenters. The lowest BCUT2D eigenvalue weighted by molar-refractivity contribution is 0.529. The first-order chi connectivity index (χ1) is 46.1. The summed E-state index contributed by atoms with van der Waals surface area (Å²) in [5, 5.41) is 0. The van der Waals surface area contributed by atoms with Crippen LogP contribution in [0.3, 0.4) is 0 Å². The molecule has 0 aliphatic heterocycles. The molecule has 0 saturated heterocycles. The molecule has 1 aromatic carbocycles. The van der Waals surface area contributed by atoms with Crippen LogP contribution in [0.4, 0.5) is 0 Å². The summed E-state index contributed by atoms with van der Waals surface area (Å²) in [7, 11) is -31.4. The van der Waals surface area contributed by atoms with Gasteiger partial charge < -0.3 is 0 Å². The van der Waals surface area contributed by atoms with Crippen molar-refractivity contribution in [2.24, 2.45) is 0 Å². The normalized spacial score (nSPS) is 12.8. The molecule has 1 rings (SSSR count). The minimum absolute atomic E-state index is 0.0335. The molecule has 0 spiro atoms. The molecule has 0 amide bonds. The summed E-state index contributed by atoms with van der Waals surface area (Å²) in [4.78, 5) is -8.01. The first-order valence-corrected chi connectivity index (χ1v) is 50.6. The van der Waals surface area contributed by atoms with Crippen molar-refractivity contribution in [1.29, 1.82) is 0 Å². The van der Waals surface area contributed by atoms with Crippen LogP contribution in [0, 0.1) is 0 Å². The maximum atomic E-state index is 16.0. The summed E-state index contributed by atoms with van der Waals surface area (Å²) in [6.45, 7) is 13.0. The summed E-state index contributed by atoms with van der Waals surface area (Å²) in [5.74, 6) is -4.72. The lowest BCUT2D eigenvalue weighted by Gasteiger charge is -2.26. The second-order valence-electron chi connectivity index (χ2n) is 29.0. The molecule has 0 radical (unpaired) electrons. The van der Waals surface area contributed by atoms with Gasteiger partial charge in [0.15, 0.2) is 59.0 Å². The van der Waals surface area contributed by atoms with E-state index in [0.717, 1.165) is 270 Å². The second-order valence-corrected chi connectivity index (χ2v) is 41.3. The van der Waals surface area contributed by atoms with E-state index in [4.69, 9.17) is 0 Å². The van der Waals surface area contributed by atoms with Crippen LogP contribution in [0.25, 0.3) is 0 Å². The highest BCUT2D eigenvalue weighted by molar-refractivity contribution is 7.99. The molecule has 18 heteroatoms. The minimum Gasteiger partial charge on any atom is -0.224 e. The fourth-order valence-electron chi connectivity index (χ4n) is 13.6. The lowest BCUT2D eigenvalue weighted by Crippen LogP contribution is -2.30. The van der Waals surface area contributed by atoms with E-state index in [1.807, 2.05) is 0 Å². The van der Waals surface area contributed by atoms with Crippen LogP contribution >= 0.6 is 0 Å². The monoisotopic (exact) mass is 1470 g/mol. The molecule has 0 unspecified atom stereocenters. The Morgan fingerprint density at radius 1 is 0.125 bits per heavy atom. The Labute approximate surface area is 595 Å². The molecule has 0 heterocycles. The summed E-state index contributed by atoms with van der Waals surface area (Å²) in [5.41, 5.74) is 0. The smallest absolute Gasteiger partial charge is 0.181 e. The largest absolute Gasteiger partial charge is 0.224 e. The van der Waals surface area contributed by atoms with Crippen LogP contribution in [0.5, 0.6) is 0 Å². The first-order valence-electron chi connectivity index (χ1n) is 40.7. The summed E-state index contributed by atoms with van der Waals surface area (Å²) in [6, 6.07) is 0. The number of rotatable bonds is 72. The van der Waals surface area contributed by atoms with Gasteiger partial charge in [0.2, 0.25) is 0 Å². The van der Waals surface area contributed by atoms with Gasteiger partial charge in [-0.25, -0.2) is 50.5 Å². The van der Waals surface area contributed by atoms with Crippen LogP contribution in [-0.4, -0.2) is 85.0 Å². The zero-order chi connectivity index (χ0) is 71.1. The van der Waals surface area contributed by atoms with Crippen molar-refractivity contribution in [3.63, 3.8) is 0 Å². The predicted molar refractivity (Wildman–Crippen MR) is 410 cm³/mol. The number of hydrogen-bond acceptors (Lipinski definition) is 12. The first kappa shape index (κ1) is 92.9. The quantitative estimate of drug-likeness (QED) is 0.0559. The zero-order valence-electron chi connectivity index (χ0n) is 63.0. The van der Waals surface area contributed by atoms with Gasteiger partial charge in [0.05, 0.1) is 34.5 Å². The molecular formula is C78H150O12S6.